The molecule has 0 saturated heterocycles. The van der Waals surface area contributed by atoms with E-state index >= 15 is 0 Å². The Hall–Kier alpha value is -2.74. The second-order valence-electron chi connectivity index (χ2n) is 4.97. The van der Waals surface area contributed by atoms with E-state index in [2.05, 4.69) is 5.32 Å². The molecule has 2 rings (SSSR count). The molecule has 0 aliphatic heterocycles. The predicted molar refractivity (Wildman–Crippen MR) is 86.6 cm³/mol. The Balaban J connectivity index is 1.96. The lowest BCUT2D eigenvalue weighted by Crippen LogP contribution is -2.23. The van der Waals surface area contributed by atoms with Gasteiger partial charge in [-0.15, -0.1) is 0 Å². The lowest BCUT2D eigenvalue weighted by molar-refractivity contribution is -0.380. The molecular weight excluding hydrogens is 318 g/mol. The van der Waals surface area contributed by atoms with Gasteiger partial charge in [-0.1, -0.05) is 23.5 Å². The van der Waals surface area contributed by atoms with E-state index < -0.39 is 4.92 Å². The van der Waals surface area contributed by atoms with E-state index in [0.717, 1.165) is 16.9 Å². The number of benzene rings is 1. The number of amides is 2. The first-order valence-electron chi connectivity index (χ1n) is 6.71. The summed E-state index contributed by atoms with van der Waals surface area (Å²) in [5.74, 6) is -0.456. The summed E-state index contributed by atoms with van der Waals surface area (Å²) in [6.07, 6.45) is 0. The third-order valence-corrected chi connectivity index (χ3v) is 4.09. The standard InChI is InChI=1S/C15H15N3O4S/c1-17(2)15(20)11-5-3-10(4-6-11)9-16-14(19)12-7-8-13(23-12)18(21)22/h3-8H,9H2,1-2H3,(H,16,19). The van der Waals surface area contributed by atoms with E-state index in [1.165, 1.54) is 17.0 Å². The van der Waals surface area contributed by atoms with Crippen molar-refractivity contribution in [2.45, 2.75) is 6.54 Å². The largest absolute Gasteiger partial charge is 0.347 e. The van der Waals surface area contributed by atoms with Crippen LogP contribution in [-0.2, 0) is 6.54 Å². The first-order valence-corrected chi connectivity index (χ1v) is 7.53. The number of rotatable bonds is 5. The zero-order valence-electron chi connectivity index (χ0n) is 12.6. The fraction of sp³-hybridized carbons (Fsp3) is 0.200. The molecule has 0 unspecified atom stereocenters. The molecule has 7 nitrogen and oxygen atoms in total. The van der Waals surface area contributed by atoms with Gasteiger partial charge in [0.05, 0.1) is 9.80 Å². The molecule has 120 valence electrons. The molecule has 0 fully saturated rings. The summed E-state index contributed by atoms with van der Waals surface area (Å²) < 4.78 is 0. The molecule has 1 aromatic heterocycles. The molecule has 1 aromatic carbocycles. The predicted octanol–water partition coefficient (Wildman–Crippen LogP) is 2.29. The Morgan fingerprint density at radius 3 is 2.35 bits per heavy atom. The Kier molecular flexibility index (Phi) is 5.07. The molecule has 0 aliphatic carbocycles. The van der Waals surface area contributed by atoms with E-state index in [-0.39, 0.29) is 28.2 Å². The summed E-state index contributed by atoms with van der Waals surface area (Å²) in [5, 5.41) is 13.2. The average molecular weight is 333 g/mol. The lowest BCUT2D eigenvalue weighted by atomic mass is 10.1. The maximum Gasteiger partial charge on any atom is 0.324 e. The second kappa shape index (κ2) is 7.01. The van der Waals surface area contributed by atoms with Crippen molar-refractivity contribution in [1.82, 2.24) is 10.2 Å². The lowest BCUT2D eigenvalue weighted by Gasteiger charge is -2.10. The van der Waals surface area contributed by atoms with Crippen molar-refractivity contribution in [1.29, 1.82) is 0 Å². The number of nitrogens with zero attached hydrogens (tertiary/aromatic N) is 2. The van der Waals surface area contributed by atoms with Crippen molar-refractivity contribution in [3.05, 3.63) is 62.5 Å². The molecule has 23 heavy (non-hydrogen) atoms. The van der Waals surface area contributed by atoms with E-state index in [1.54, 1.807) is 38.4 Å². The van der Waals surface area contributed by atoms with Gasteiger partial charge < -0.3 is 10.2 Å². The van der Waals surface area contributed by atoms with Crippen LogP contribution < -0.4 is 5.32 Å². The summed E-state index contributed by atoms with van der Waals surface area (Å²) >= 11 is 0.832. The summed E-state index contributed by atoms with van der Waals surface area (Å²) in [5.41, 5.74) is 1.40. The van der Waals surface area contributed by atoms with Gasteiger partial charge in [0, 0.05) is 32.3 Å². The molecule has 0 atom stereocenters. The first-order chi connectivity index (χ1) is 10.9. The SMILES string of the molecule is CN(C)C(=O)c1ccc(CNC(=O)c2ccc([N+](=O)[O-])s2)cc1. The van der Waals surface area contributed by atoms with Gasteiger partial charge in [0.1, 0.15) is 0 Å². The van der Waals surface area contributed by atoms with Crippen LogP contribution >= 0.6 is 11.3 Å². The average Bonchev–Trinajstić information content (AvgIpc) is 3.02. The van der Waals surface area contributed by atoms with Crippen LogP contribution in [0.1, 0.15) is 25.6 Å². The molecule has 0 aliphatic rings. The topological polar surface area (TPSA) is 92.6 Å². The van der Waals surface area contributed by atoms with Crippen LogP contribution in [-0.4, -0.2) is 35.7 Å². The fourth-order valence-corrected chi connectivity index (χ4v) is 2.58. The molecular formula is C15H15N3O4S. The van der Waals surface area contributed by atoms with Crippen molar-refractivity contribution >= 4 is 28.2 Å². The van der Waals surface area contributed by atoms with Crippen molar-refractivity contribution in [3.63, 3.8) is 0 Å². The first kappa shape index (κ1) is 16.6. The minimum atomic E-state index is -0.526. The zero-order chi connectivity index (χ0) is 17.0. The van der Waals surface area contributed by atoms with Gasteiger partial charge in [-0.05, 0) is 23.8 Å². The smallest absolute Gasteiger partial charge is 0.324 e. The van der Waals surface area contributed by atoms with Gasteiger partial charge in [-0.25, -0.2) is 0 Å². The number of nitro groups is 1. The van der Waals surface area contributed by atoms with Crippen LogP contribution in [0.2, 0.25) is 0 Å². The molecule has 8 heteroatoms. The molecule has 2 aromatic rings. The third-order valence-electron chi connectivity index (χ3n) is 3.06. The Bertz CT molecular complexity index is 737. The number of hydrogen-bond donors (Lipinski definition) is 1. The van der Waals surface area contributed by atoms with Crippen LogP contribution in [0.4, 0.5) is 5.00 Å². The van der Waals surface area contributed by atoms with Crippen molar-refractivity contribution < 1.29 is 14.5 Å². The zero-order valence-corrected chi connectivity index (χ0v) is 13.4. The maximum atomic E-state index is 11.9. The summed E-state index contributed by atoms with van der Waals surface area (Å²) in [6, 6.07) is 9.64. The highest BCUT2D eigenvalue weighted by molar-refractivity contribution is 7.17. The monoisotopic (exact) mass is 333 g/mol. The molecule has 0 radical (unpaired) electrons. The highest BCUT2D eigenvalue weighted by atomic mass is 32.1. The molecule has 0 spiro atoms. The van der Waals surface area contributed by atoms with Crippen LogP contribution in [0.3, 0.4) is 0 Å². The van der Waals surface area contributed by atoms with Crippen molar-refractivity contribution in [2.75, 3.05) is 14.1 Å². The number of thiophene rings is 1. The Morgan fingerprint density at radius 2 is 1.83 bits per heavy atom. The van der Waals surface area contributed by atoms with Crippen LogP contribution in [0, 0.1) is 10.1 Å². The number of hydrogen-bond acceptors (Lipinski definition) is 5. The number of nitrogens with one attached hydrogen (secondary N) is 1. The van der Waals surface area contributed by atoms with Gasteiger partial charge in [0.25, 0.3) is 11.8 Å². The van der Waals surface area contributed by atoms with Crippen LogP contribution in [0.25, 0.3) is 0 Å². The minimum absolute atomic E-state index is 0.0679. The van der Waals surface area contributed by atoms with Crippen molar-refractivity contribution in [3.8, 4) is 0 Å². The molecule has 1 N–H and O–H groups in total. The highest BCUT2D eigenvalue weighted by Gasteiger charge is 2.15. The van der Waals surface area contributed by atoms with E-state index in [9.17, 15) is 19.7 Å². The van der Waals surface area contributed by atoms with Gasteiger partial charge in [0.15, 0.2) is 0 Å². The second-order valence-corrected chi connectivity index (χ2v) is 6.04. The Morgan fingerprint density at radius 1 is 1.17 bits per heavy atom. The summed E-state index contributed by atoms with van der Waals surface area (Å²) in [7, 11) is 3.35. The van der Waals surface area contributed by atoms with Gasteiger partial charge in [0.2, 0.25) is 0 Å². The van der Waals surface area contributed by atoms with E-state index in [0.29, 0.717) is 5.56 Å². The van der Waals surface area contributed by atoms with Crippen LogP contribution in [0.5, 0.6) is 0 Å². The third kappa shape index (κ3) is 4.13. The molecule has 1 heterocycles. The molecule has 0 saturated carbocycles. The Labute approximate surface area is 136 Å². The maximum absolute atomic E-state index is 11.9. The number of carbonyl (C=O) groups is 2. The van der Waals surface area contributed by atoms with E-state index in [4.69, 9.17) is 0 Å². The minimum Gasteiger partial charge on any atom is -0.347 e. The van der Waals surface area contributed by atoms with E-state index in [1.807, 2.05) is 0 Å². The fourth-order valence-electron chi connectivity index (χ4n) is 1.84. The molecule has 2 amide bonds. The molecule has 0 bridgehead atoms. The normalized spacial score (nSPS) is 10.2. The quantitative estimate of drug-likeness (QED) is 0.671. The van der Waals surface area contributed by atoms with Gasteiger partial charge >= 0.3 is 5.00 Å². The summed E-state index contributed by atoms with van der Waals surface area (Å²) in [6.45, 7) is 0.279. The summed E-state index contributed by atoms with van der Waals surface area (Å²) in [4.78, 5) is 35.6. The van der Waals surface area contributed by atoms with Crippen molar-refractivity contribution in [2.24, 2.45) is 0 Å². The van der Waals surface area contributed by atoms with Crippen LogP contribution in [0.15, 0.2) is 36.4 Å². The highest BCUT2D eigenvalue weighted by Crippen LogP contribution is 2.23. The van der Waals surface area contributed by atoms with Gasteiger partial charge in [-0.2, -0.15) is 0 Å². The van der Waals surface area contributed by atoms with Gasteiger partial charge in [-0.3, -0.25) is 19.7 Å². The number of carbonyl (C=O) groups excluding carboxylic acids is 2.